The maximum atomic E-state index is 12.0. The van der Waals surface area contributed by atoms with E-state index in [0.29, 0.717) is 12.4 Å². The molecule has 9 heteroatoms. The Morgan fingerprint density at radius 1 is 1.31 bits per heavy atom. The highest BCUT2D eigenvalue weighted by Gasteiger charge is 2.29. The summed E-state index contributed by atoms with van der Waals surface area (Å²) in [6, 6.07) is 6.35. The molecule has 0 atom stereocenters. The molecule has 1 aliphatic heterocycles. The van der Waals surface area contributed by atoms with Crippen molar-refractivity contribution in [3.63, 3.8) is 0 Å². The van der Waals surface area contributed by atoms with Crippen molar-refractivity contribution in [3.05, 3.63) is 45.9 Å². The molecule has 0 unspecified atom stereocenters. The SMILES string of the molecule is Cc1nc(COc2ccc(C(=O)OCC(=O)N3CCOC3=O)cc2)cs1. The van der Waals surface area contributed by atoms with E-state index < -0.39 is 24.6 Å². The van der Waals surface area contributed by atoms with E-state index in [1.807, 2.05) is 12.3 Å². The second-order valence-electron chi connectivity index (χ2n) is 5.41. The van der Waals surface area contributed by atoms with Crippen molar-refractivity contribution in [1.29, 1.82) is 0 Å². The average Bonchev–Trinajstić information content (AvgIpc) is 3.26. The first kappa shape index (κ1) is 17.9. The van der Waals surface area contributed by atoms with Crippen molar-refractivity contribution in [1.82, 2.24) is 9.88 Å². The van der Waals surface area contributed by atoms with Crippen LogP contribution < -0.4 is 4.74 Å². The molecule has 0 saturated carbocycles. The summed E-state index contributed by atoms with van der Waals surface area (Å²) in [7, 11) is 0. The Morgan fingerprint density at radius 3 is 2.69 bits per heavy atom. The minimum absolute atomic E-state index is 0.153. The monoisotopic (exact) mass is 376 g/mol. The van der Waals surface area contributed by atoms with E-state index in [1.165, 1.54) is 0 Å². The van der Waals surface area contributed by atoms with Gasteiger partial charge < -0.3 is 14.2 Å². The van der Waals surface area contributed by atoms with Crippen molar-refractivity contribution in [2.45, 2.75) is 13.5 Å². The lowest BCUT2D eigenvalue weighted by Gasteiger charge is -2.11. The zero-order valence-corrected chi connectivity index (χ0v) is 14.8. The van der Waals surface area contributed by atoms with Crippen molar-refractivity contribution in [2.75, 3.05) is 19.8 Å². The third-order valence-corrected chi connectivity index (χ3v) is 4.35. The smallest absolute Gasteiger partial charge is 0.416 e. The number of amides is 2. The fourth-order valence-corrected chi connectivity index (χ4v) is 2.82. The number of cyclic esters (lactones) is 1. The Balaban J connectivity index is 1.48. The van der Waals surface area contributed by atoms with Gasteiger partial charge in [-0.25, -0.2) is 19.5 Å². The van der Waals surface area contributed by atoms with E-state index in [1.54, 1.807) is 35.6 Å². The van der Waals surface area contributed by atoms with Crippen LogP contribution in [0.25, 0.3) is 0 Å². The van der Waals surface area contributed by atoms with Crippen LogP contribution in [0.5, 0.6) is 5.75 Å². The first-order chi connectivity index (χ1) is 12.5. The van der Waals surface area contributed by atoms with E-state index in [-0.39, 0.29) is 18.7 Å². The fourth-order valence-electron chi connectivity index (χ4n) is 2.23. The van der Waals surface area contributed by atoms with Gasteiger partial charge in [0, 0.05) is 5.38 Å². The zero-order valence-electron chi connectivity index (χ0n) is 14.0. The number of hydrogen-bond donors (Lipinski definition) is 0. The number of nitrogens with zero attached hydrogens (tertiary/aromatic N) is 2. The third kappa shape index (κ3) is 4.37. The van der Waals surface area contributed by atoms with Crippen LogP contribution in [0.15, 0.2) is 29.6 Å². The zero-order chi connectivity index (χ0) is 18.5. The average molecular weight is 376 g/mol. The second-order valence-corrected chi connectivity index (χ2v) is 6.47. The number of imide groups is 1. The highest BCUT2D eigenvalue weighted by molar-refractivity contribution is 7.09. The maximum Gasteiger partial charge on any atom is 0.416 e. The molecule has 1 aromatic heterocycles. The Labute approximate surface area is 153 Å². The van der Waals surface area contributed by atoms with Gasteiger partial charge in [0.15, 0.2) is 6.61 Å². The molecule has 1 aromatic carbocycles. The van der Waals surface area contributed by atoms with E-state index in [4.69, 9.17) is 9.47 Å². The minimum atomic E-state index is -0.720. The van der Waals surface area contributed by atoms with Crippen LogP contribution in [-0.4, -0.2) is 47.6 Å². The molecule has 0 aliphatic carbocycles. The van der Waals surface area contributed by atoms with Crippen LogP contribution in [-0.2, 0) is 20.9 Å². The van der Waals surface area contributed by atoms with Crippen molar-refractivity contribution in [3.8, 4) is 5.75 Å². The number of rotatable bonds is 6. The number of carbonyl (C=O) groups excluding carboxylic acids is 3. The molecular weight excluding hydrogens is 360 g/mol. The Morgan fingerprint density at radius 2 is 2.08 bits per heavy atom. The molecule has 1 aliphatic rings. The summed E-state index contributed by atoms with van der Waals surface area (Å²) in [4.78, 5) is 40.2. The first-order valence-corrected chi connectivity index (χ1v) is 8.69. The highest BCUT2D eigenvalue weighted by Crippen LogP contribution is 2.16. The highest BCUT2D eigenvalue weighted by atomic mass is 32.1. The quantitative estimate of drug-likeness (QED) is 0.713. The predicted molar refractivity (Wildman–Crippen MR) is 91.0 cm³/mol. The van der Waals surface area contributed by atoms with Gasteiger partial charge in [0.25, 0.3) is 5.91 Å². The third-order valence-electron chi connectivity index (χ3n) is 3.53. The summed E-state index contributed by atoms with van der Waals surface area (Å²) in [5, 5.41) is 2.90. The summed E-state index contributed by atoms with van der Waals surface area (Å²) in [6.07, 6.45) is -0.720. The molecule has 1 saturated heterocycles. The largest absolute Gasteiger partial charge is 0.487 e. The van der Waals surface area contributed by atoms with Gasteiger partial charge in [0.2, 0.25) is 0 Å². The van der Waals surface area contributed by atoms with Crippen molar-refractivity contribution < 1.29 is 28.6 Å². The number of hydrogen-bond acceptors (Lipinski definition) is 8. The number of aromatic nitrogens is 1. The van der Waals surface area contributed by atoms with Crippen LogP contribution in [0.1, 0.15) is 21.1 Å². The summed E-state index contributed by atoms with van der Waals surface area (Å²) >= 11 is 1.55. The first-order valence-electron chi connectivity index (χ1n) is 7.81. The molecule has 0 bridgehead atoms. The Bertz CT molecular complexity index is 817. The van der Waals surface area contributed by atoms with Gasteiger partial charge >= 0.3 is 12.1 Å². The summed E-state index contributed by atoms with van der Waals surface area (Å²) < 4.78 is 15.2. The van der Waals surface area contributed by atoms with Gasteiger partial charge in [0.1, 0.15) is 19.0 Å². The van der Waals surface area contributed by atoms with Gasteiger partial charge in [-0.15, -0.1) is 11.3 Å². The normalized spacial score (nSPS) is 13.4. The van der Waals surface area contributed by atoms with Crippen LogP contribution in [0.2, 0.25) is 0 Å². The van der Waals surface area contributed by atoms with E-state index in [2.05, 4.69) is 9.72 Å². The number of ether oxygens (including phenoxy) is 3. The molecule has 0 N–H and O–H groups in total. The number of aryl methyl sites for hydroxylation is 1. The van der Waals surface area contributed by atoms with E-state index >= 15 is 0 Å². The van der Waals surface area contributed by atoms with Crippen LogP contribution in [0, 0.1) is 6.92 Å². The second kappa shape index (κ2) is 7.96. The lowest BCUT2D eigenvalue weighted by molar-refractivity contribution is -0.131. The fraction of sp³-hybridized carbons (Fsp3) is 0.294. The summed E-state index contributed by atoms with van der Waals surface area (Å²) in [5.41, 5.74) is 1.12. The molecule has 26 heavy (non-hydrogen) atoms. The number of benzene rings is 1. The Kier molecular flexibility index (Phi) is 5.47. The van der Waals surface area contributed by atoms with Crippen molar-refractivity contribution in [2.24, 2.45) is 0 Å². The van der Waals surface area contributed by atoms with Gasteiger partial charge in [-0.2, -0.15) is 0 Å². The maximum absolute atomic E-state index is 12.0. The molecule has 136 valence electrons. The number of carbonyl (C=O) groups is 3. The minimum Gasteiger partial charge on any atom is -0.487 e. The molecule has 2 heterocycles. The van der Waals surface area contributed by atoms with Crippen LogP contribution in [0.3, 0.4) is 0 Å². The molecular formula is C17H16N2O6S. The lowest BCUT2D eigenvalue weighted by atomic mass is 10.2. The molecule has 8 nitrogen and oxygen atoms in total. The topological polar surface area (TPSA) is 95.0 Å². The van der Waals surface area contributed by atoms with Gasteiger partial charge in [-0.3, -0.25) is 4.79 Å². The van der Waals surface area contributed by atoms with Crippen molar-refractivity contribution >= 4 is 29.3 Å². The van der Waals surface area contributed by atoms with Gasteiger partial charge in [-0.1, -0.05) is 0 Å². The van der Waals surface area contributed by atoms with E-state index in [9.17, 15) is 14.4 Å². The predicted octanol–water partition coefficient (Wildman–Crippen LogP) is 2.17. The Hall–Kier alpha value is -2.94. The standard InChI is InChI=1S/C17H16N2O6S/c1-11-18-13(10-26-11)8-24-14-4-2-12(3-5-14)16(21)25-9-15(20)19-6-7-23-17(19)22/h2-5,10H,6-9H2,1H3. The molecule has 3 rings (SSSR count). The van der Waals surface area contributed by atoms with E-state index in [0.717, 1.165) is 15.6 Å². The van der Waals surface area contributed by atoms with Crippen LogP contribution in [0.4, 0.5) is 4.79 Å². The molecule has 1 fully saturated rings. The molecule has 0 spiro atoms. The van der Waals surface area contributed by atoms with Gasteiger partial charge in [-0.05, 0) is 31.2 Å². The summed E-state index contributed by atoms with van der Waals surface area (Å²) in [5.74, 6) is -0.685. The lowest BCUT2D eigenvalue weighted by Crippen LogP contribution is -2.35. The molecule has 2 aromatic rings. The molecule has 2 amide bonds. The summed E-state index contributed by atoms with van der Waals surface area (Å²) in [6.45, 7) is 2.07. The molecule has 0 radical (unpaired) electrons. The number of thiazole rings is 1. The van der Waals surface area contributed by atoms with Gasteiger partial charge in [0.05, 0.1) is 22.8 Å². The number of esters is 1. The van der Waals surface area contributed by atoms with Crippen LogP contribution >= 0.6 is 11.3 Å².